The third-order valence-corrected chi connectivity index (χ3v) is 7.26. The number of carbonyl (C=O) groups is 1. The van der Waals surface area contributed by atoms with E-state index in [1.807, 2.05) is 35.4 Å². The molecule has 0 saturated carbocycles. The molecule has 6 heteroatoms. The van der Waals surface area contributed by atoms with Crippen LogP contribution in [0.15, 0.2) is 47.3 Å². The Hall–Kier alpha value is -1.72. The van der Waals surface area contributed by atoms with E-state index in [4.69, 9.17) is 16.6 Å². The van der Waals surface area contributed by atoms with Gasteiger partial charge in [0, 0.05) is 24.7 Å². The summed E-state index contributed by atoms with van der Waals surface area (Å²) in [6.07, 6.45) is 13.9. The number of carbonyl (C=O) groups excluding carboxylic acids is 1. The Kier molecular flexibility index (Phi) is 7.56. The molecule has 0 N–H and O–H groups in total. The minimum absolute atomic E-state index is 0.234. The maximum absolute atomic E-state index is 12.6. The minimum atomic E-state index is 0.234. The van der Waals surface area contributed by atoms with Crippen LogP contribution in [-0.2, 0) is 11.3 Å². The van der Waals surface area contributed by atoms with Crippen molar-refractivity contribution < 1.29 is 4.79 Å². The second-order valence-corrected chi connectivity index (χ2v) is 9.55. The molecular weight excluding hydrogens is 414 g/mol. The highest BCUT2D eigenvalue weighted by atomic mass is 35.5. The summed E-state index contributed by atoms with van der Waals surface area (Å²) in [4.78, 5) is 19.4. The Morgan fingerprint density at radius 3 is 2.60 bits per heavy atom. The fourth-order valence-electron chi connectivity index (χ4n) is 4.29. The van der Waals surface area contributed by atoms with Crippen LogP contribution in [0.5, 0.6) is 0 Å². The summed E-state index contributed by atoms with van der Waals surface area (Å²) in [6, 6.07) is 7.93. The predicted octanol–water partition coefficient (Wildman–Crippen LogP) is 6.20. The normalized spacial score (nSPS) is 17.1. The number of hydrogen-bond acceptors (Lipinski definition) is 3. The molecule has 1 aromatic carbocycles. The summed E-state index contributed by atoms with van der Waals surface area (Å²) in [5.74, 6) is 0.692. The highest BCUT2D eigenvalue weighted by Crippen LogP contribution is 2.29. The first-order chi connectivity index (χ1) is 14.7. The van der Waals surface area contributed by atoms with Crippen molar-refractivity contribution in [3.05, 3.63) is 47.1 Å². The lowest BCUT2D eigenvalue weighted by Crippen LogP contribution is -2.36. The number of benzene rings is 1. The summed E-state index contributed by atoms with van der Waals surface area (Å²) in [6.45, 7) is 2.69. The highest BCUT2D eigenvalue weighted by Gasteiger charge is 2.19. The number of likely N-dealkylation sites (tertiary alicyclic amines) is 1. The number of rotatable bonds is 7. The molecule has 1 saturated heterocycles. The van der Waals surface area contributed by atoms with E-state index in [0.717, 1.165) is 60.3 Å². The molecule has 30 heavy (non-hydrogen) atoms. The van der Waals surface area contributed by atoms with Crippen molar-refractivity contribution >= 4 is 29.3 Å². The molecule has 4 nitrogen and oxygen atoms in total. The van der Waals surface area contributed by atoms with Gasteiger partial charge < -0.3 is 9.47 Å². The Balaban J connectivity index is 1.50. The van der Waals surface area contributed by atoms with Gasteiger partial charge in [0.1, 0.15) is 0 Å². The summed E-state index contributed by atoms with van der Waals surface area (Å²) >= 11 is 7.66. The first-order valence-corrected chi connectivity index (χ1v) is 12.5. The Bertz CT molecular complexity index is 884. The summed E-state index contributed by atoms with van der Waals surface area (Å²) in [7, 11) is 0. The molecule has 0 spiro atoms. The average molecular weight is 444 g/mol. The van der Waals surface area contributed by atoms with Crippen molar-refractivity contribution in [3.63, 3.8) is 0 Å². The number of nitrogens with zero attached hydrogens (tertiary/aromatic N) is 3. The van der Waals surface area contributed by atoms with Gasteiger partial charge in [-0.1, -0.05) is 47.1 Å². The molecule has 1 aliphatic carbocycles. The van der Waals surface area contributed by atoms with Crippen LogP contribution in [0.1, 0.15) is 51.4 Å². The van der Waals surface area contributed by atoms with E-state index in [0.29, 0.717) is 5.75 Å². The topological polar surface area (TPSA) is 38.1 Å². The van der Waals surface area contributed by atoms with Gasteiger partial charge in [-0.15, -0.1) is 0 Å². The monoisotopic (exact) mass is 443 g/mol. The number of imidazole rings is 1. The van der Waals surface area contributed by atoms with Crippen LogP contribution in [-0.4, -0.2) is 39.2 Å². The molecule has 4 rings (SSSR count). The van der Waals surface area contributed by atoms with Crippen LogP contribution < -0.4 is 0 Å². The summed E-state index contributed by atoms with van der Waals surface area (Å²) in [5, 5.41) is 1.67. The number of amides is 1. The lowest BCUT2D eigenvalue weighted by molar-refractivity contribution is -0.129. The van der Waals surface area contributed by atoms with Crippen molar-refractivity contribution in [2.45, 2.75) is 63.1 Å². The Labute approximate surface area is 188 Å². The van der Waals surface area contributed by atoms with Crippen LogP contribution in [0.3, 0.4) is 0 Å². The van der Waals surface area contributed by atoms with E-state index in [-0.39, 0.29) is 5.91 Å². The number of hydrogen-bond donors (Lipinski definition) is 0. The zero-order valence-corrected chi connectivity index (χ0v) is 19.1. The minimum Gasteiger partial charge on any atom is -0.342 e. The molecule has 0 unspecified atom stereocenters. The zero-order chi connectivity index (χ0) is 20.8. The van der Waals surface area contributed by atoms with E-state index in [2.05, 4.69) is 10.6 Å². The largest absolute Gasteiger partial charge is 0.342 e. The van der Waals surface area contributed by atoms with Crippen molar-refractivity contribution in [2.75, 3.05) is 18.8 Å². The fraction of sp³-hybridized carbons (Fsp3) is 0.500. The van der Waals surface area contributed by atoms with Crippen LogP contribution in [0.2, 0.25) is 5.02 Å². The molecule has 0 atom stereocenters. The van der Waals surface area contributed by atoms with E-state index in [1.54, 1.807) is 17.3 Å². The SMILES string of the molecule is O=C(CSc1ncc(-c2ccc(Cl)cc2)n1CCC1=CCCCC1)N1CCCCC1. The number of thioether (sulfide) groups is 1. The van der Waals surface area contributed by atoms with Crippen molar-refractivity contribution in [1.29, 1.82) is 0 Å². The lowest BCUT2D eigenvalue weighted by atomic mass is 9.97. The molecule has 1 aliphatic heterocycles. The van der Waals surface area contributed by atoms with Crippen molar-refractivity contribution in [3.8, 4) is 11.3 Å². The zero-order valence-electron chi connectivity index (χ0n) is 17.5. The molecule has 1 fully saturated rings. The summed E-state index contributed by atoms with van der Waals surface area (Å²) in [5.41, 5.74) is 3.76. The van der Waals surface area contributed by atoms with Gasteiger partial charge >= 0.3 is 0 Å². The van der Waals surface area contributed by atoms with E-state index in [1.165, 1.54) is 32.1 Å². The first kappa shape index (κ1) is 21.5. The van der Waals surface area contributed by atoms with Crippen molar-refractivity contribution in [2.24, 2.45) is 0 Å². The van der Waals surface area contributed by atoms with Gasteiger partial charge in [-0.2, -0.15) is 0 Å². The van der Waals surface area contributed by atoms with Gasteiger partial charge in [-0.3, -0.25) is 4.79 Å². The summed E-state index contributed by atoms with van der Waals surface area (Å²) < 4.78 is 2.28. The average Bonchev–Trinajstić information content (AvgIpc) is 3.20. The quantitative estimate of drug-likeness (QED) is 0.377. The molecule has 2 aromatic rings. The number of piperidine rings is 1. The van der Waals surface area contributed by atoms with Gasteiger partial charge in [0.25, 0.3) is 0 Å². The molecule has 2 heterocycles. The van der Waals surface area contributed by atoms with Gasteiger partial charge in [-0.25, -0.2) is 4.98 Å². The van der Waals surface area contributed by atoms with Crippen LogP contribution in [0.25, 0.3) is 11.3 Å². The number of aromatic nitrogens is 2. The van der Waals surface area contributed by atoms with Crippen molar-refractivity contribution in [1.82, 2.24) is 14.5 Å². The molecular formula is C24H30ClN3OS. The maximum atomic E-state index is 12.6. The predicted molar refractivity (Wildman–Crippen MR) is 125 cm³/mol. The standard InChI is InChI=1S/C24H30ClN3OS/c25-21-11-9-20(10-12-21)22-17-26-24(28(22)16-13-19-7-3-1-4-8-19)30-18-23(29)27-14-5-2-6-15-27/h7,9-12,17H,1-6,8,13-16,18H2. The van der Waals surface area contributed by atoms with Crippen LogP contribution in [0, 0.1) is 0 Å². The molecule has 160 valence electrons. The van der Waals surface area contributed by atoms with E-state index in [9.17, 15) is 4.79 Å². The number of allylic oxidation sites excluding steroid dienone is 2. The third kappa shape index (κ3) is 5.50. The van der Waals surface area contributed by atoms with Gasteiger partial charge in [-0.05, 0) is 69.1 Å². The number of halogens is 1. The molecule has 1 amide bonds. The lowest BCUT2D eigenvalue weighted by Gasteiger charge is -2.26. The smallest absolute Gasteiger partial charge is 0.233 e. The molecule has 0 bridgehead atoms. The Morgan fingerprint density at radius 1 is 1.07 bits per heavy atom. The van der Waals surface area contributed by atoms with Gasteiger partial charge in [0.05, 0.1) is 17.6 Å². The molecule has 2 aliphatic rings. The third-order valence-electron chi connectivity index (χ3n) is 6.03. The van der Waals surface area contributed by atoms with Crippen LogP contribution in [0.4, 0.5) is 0 Å². The van der Waals surface area contributed by atoms with E-state index < -0.39 is 0 Å². The maximum Gasteiger partial charge on any atom is 0.233 e. The van der Waals surface area contributed by atoms with Gasteiger partial charge in [0.15, 0.2) is 5.16 Å². The Morgan fingerprint density at radius 2 is 1.87 bits per heavy atom. The first-order valence-electron chi connectivity index (χ1n) is 11.1. The van der Waals surface area contributed by atoms with E-state index >= 15 is 0 Å². The molecule has 1 aromatic heterocycles. The van der Waals surface area contributed by atoms with Gasteiger partial charge in [0.2, 0.25) is 5.91 Å². The highest BCUT2D eigenvalue weighted by molar-refractivity contribution is 7.99. The van der Waals surface area contributed by atoms with Crippen LogP contribution >= 0.6 is 23.4 Å². The molecule has 0 radical (unpaired) electrons. The second kappa shape index (κ2) is 10.5. The second-order valence-electron chi connectivity index (χ2n) is 8.17. The fourth-order valence-corrected chi connectivity index (χ4v) is 5.32.